The Balaban J connectivity index is 2.45. The lowest BCUT2D eigenvalue weighted by Crippen LogP contribution is -2.30. The van der Waals surface area contributed by atoms with Crippen LogP contribution >= 0.6 is 12.2 Å². The molecule has 0 aliphatic carbocycles. The van der Waals surface area contributed by atoms with Gasteiger partial charge in [0, 0.05) is 27.3 Å². The highest BCUT2D eigenvalue weighted by atomic mass is 32.1. The van der Waals surface area contributed by atoms with Gasteiger partial charge >= 0.3 is 0 Å². The summed E-state index contributed by atoms with van der Waals surface area (Å²) in [6.07, 6.45) is 0.934. The van der Waals surface area contributed by atoms with E-state index in [1.807, 2.05) is 25.6 Å². The van der Waals surface area contributed by atoms with Gasteiger partial charge in [0.2, 0.25) is 0 Å². The number of methoxy groups -OCH3 is 1. The van der Waals surface area contributed by atoms with E-state index >= 15 is 0 Å². The van der Waals surface area contributed by atoms with E-state index in [9.17, 15) is 0 Å². The smallest absolute Gasteiger partial charge is 0.170 e. The highest BCUT2D eigenvalue weighted by Gasteiger charge is 2.09. The lowest BCUT2D eigenvalue weighted by atomic mass is 10.3. The van der Waals surface area contributed by atoms with Crippen molar-refractivity contribution >= 4 is 23.0 Å². The normalized spacial score (nSPS) is 10.4. The number of aromatic nitrogens is 2. The van der Waals surface area contributed by atoms with Crippen LogP contribution in [0.3, 0.4) is 0 Å². The van der Waals surface area contributed by atoms with Gasteiger partial charge in [0.15, 0.2) is 5.11 Å². The number of hydrogen-bond donors (Lipinski definition) is 2. The predicted molar refractivity (Wildman–Crippen MR) is 73.4 cm³/mol. The molecular formula is C11H20N4OS. The quantitative estimate of drug-likeness (QED) is 0.615. The maximum Gasteiger partial charge on any atom is 0.170 e. The molecule has 0 saturated heterocycles. The van der Waals surface area contributed by atoms with Gasteiger partial charge in [0.1, 0.15) is 0 Å². The Bertz CT molecular complexity index is 389. The number of ether oxygens (including phenoxy) is 1. The zero-order valence-corrected chi connectivity index (χ0v) is 11.6. The molecule has 0 unspecified atom stereocenters. The Morgan fingerprint density at radius 3 is 2.71 bits per heavy atom. The SMILES string of the molecule is COCCCNC(=S)Nc1c(C)nn(C)c1C. The summed E-state index contributed by atoms with van der Waals surface area (Å²) in [5.74, 6) is 0. The summed E-state index contributed by atoms with van der Waals surface area (Å²) in [6.45, 7) is 5.51. The summed E-state index contributed by atoms with van der Waals surface area (Å²) in [6, 6.07) is 0. The van der Waals surface area contributed by atoms with E-state index in [-0.39, 0.29) is 0 Å². The first-order chi connectivity index (χ1) is 8.06. The van der Waals surface area contributed by atoms with Crippen LogP contribution in [0.2, 0.25) is 0 Å². The van der Waals surface area contributed by atoms with Crippen LogP contribution in [0.25, 0.3) is 0 Å². The molecule has 6 heteroatoms. The van der Waals surface area contributed by atoms with E-state index in [1.165, 1.54) is 0 Å². The molecule has 17 heavy (non-hydrogen) atoms. The Labute approximate surface area is 108 Å². The molecule has 1 rings (SSSR count). The first-order valence-corrected chi connectivity index (χ1v) is 6.01. The number of thiocarbonyl (C=S) groups is 1. The van der Waals surface area contributed by atoms with Gasteiger partial charge in [-0.3, -0.25) is 4.68 Å². The average molecular weight is 256 g/mol. The Hall–Kier alpha value is -1.14. The van der Waals surface area contributed by atoms with Gasteiger partial charge in [-0.2, -0.15) is 5.10 Å². The number of nitrogens with zero attached hydrogens (tertiary/aromatic N) is 2. The third-order valence-electron chi connectivity index (χ3n) is 2.56. The van der Waals surface area contributed by atoms with Gasteiger partial charge in [0.25, 0.3) is 0 Å². The van der Waals surface area contributed by atoms with Crippen molar-refractivity contribution in [2.75, 3.05) is 25.6 Å². The molecule has 0 bridgehead atoms. The zero-order chi connectivity index (χ0) is 12.8. The fraction of sp³-hybridized carbons (Fsp3) is 0.636. The molecular weight excluding hydrogens is 236 g/mol. The second kappa shape index (κ2) is 6.56. The summed E-state index contributed by atoms with van der Waals surface area (Å²) in [7, 11) is 3.61. The Morgan fingerprint density at radius 2 is 2.18 bits per heavy atom. The average Bonchev–Trinajstić information content (AvgIpc) is 2.52. The minimum Gasteiger partial charge on any atom is -0.385 e. The van der Waals surface area contributed by atoms with Crippen LogP contribution < -0.4 is 10.6 Å². The fourth-order valence-electron chi connectivity index (χ4n) is 1.53. The molecule has 0 radical (unpaired) electrons. The fourth-order valence-corrected chi connectivity index (χ4v) is 1.73. The largest absolute Gasteiger partial charge is 0.385 e. The van der Waals surface area contributed by atoms with Crippen molar-refractivity contribution in [2.45, 2.75) is 20.3 Å². The molecule has 96 valence electrons. The molecule has 0 saturated carbocycles. The highest BCUT2D eigenvalue weighted by molar-refractivity contribution is 7.80. The molecule has 0 amide bonds. The number of aryl methyl sites for hydroxylation is 2. The van der Waals surface area contributed by atoms with Gasteiger partial charge < -0.3 is 15.4 Å². The molecule has 5 nitrogen and oxygen atoms in total. The minimum atomic E-state index is 0.625. The van der Waals surface area contributed by atoms with Crippen LogP contribution in [-0.4, -0.2) is 35.2 Å². The Morgan fingerprint density at radius 1 is 1.47 bits per heavy atom. The first kappa shape index (κ1) is 13.9. The van der Waals surface area contributed by atoms with E-state index in [4.69, 9.17) is 17.0 Å². The van der Waals surface area contributed by atoms with Crippen LogP contribution in [0.1, 0.15) is 17.8 Å². The zero-order valence-electron chi connectivity index (χ0n) is 10.8. The molecule has 0 aliphatic rings. The second-order valence-corrected chi connectivity index (χ2v) is 4.30. The lowest BCUT2D eigenvalue weighted by Gasteiger charge is -2.10. The molecule has 1 aromatic heterocycles. The summed E-state index contributed by atoms with van der Waals surface area (Å²) in [5, 5.41) is 11.3. The first-order valence-electron chi connectivity index (χ1n) is 5.60. The molecule has 0 aliphatic heterocycles. The van der Waals surface area contributed by atoms with Gasteiger partial charge in [-0.25, -0.2) is 0 Å². The molecule has 0 spiro atoms. The molecule has 0 atom stereocenters. The van der Waals surface area contributed by atoms with Crippen molar-refractivity contribution in [3.63, 3.8) is 0 Å². The van der Waals surface area contributed by atoms with E-state index in [0.717, 1.165) is 36.6 Å². The van der Waals surface area contributed by atoms with E-state index in [0.29, 0.717) is 5.11 Å². The standard InChI is InChI=1S/C11H20N4OS/c1-8-10(9(2)15(3)14-8)13-11(17)12-6-5-7-16-4/h5-7H2,1-4H3,(H2,12,13,17). The van der Waals surface area contributed by atoms with Crippen molar-refractivity contribution < 1.29 is 4.74 Å². The van der Waals surface area contributed by atoms with Gasteiger partial charge in [0.05, 0.1) is 17.1 Å². The number of nitrogens with one attached hydrogen (secondary N) is 2. The van der Waals surface area contributed by atoms with E-state index in [2.05, 4.69) is 15.7 Å². The maximum absolute atomic E-state index is 5.21. The molecule has 2 N–H and O–H groups in total. The summed E-state index contributed by atoms with van der Waals surface area (Å²) < 4.78 is 6.80. The molecule has 0 fully saturated rings. The number of anilines is 1. The van der Waals surface area contributed by atoms with Crippen LogP contribution in [0, 0.1) is 13.8 Å². The van der Waals surface area contributed by atoms with E-state index < -0.39 is 0 Å². The van der Waals surface area contributed by atoms with Crippen molar-refractivity contribution in [1.82, 2.24) is 15.1 Å². The monoisotopic (exact) mass is 256 g/mol. The maximum atomic E-state index is 5.21. The van der Waals surface area contributed by atoms with Crippen molar-refractivity contribution in [3.8, 4) is 0 Å². The van der Waals surface area contributed by atoms with Gasteiger partial charge in [-0.1, -0.05) is 0 Å². The number of rotatable bonds is 5. The summed E-state index contributed by atoms with van der Waals surface area (Å²) in [4.78, 5) is 0. The minimum absolute atomic E-state index is 0.625. The van der Waals surface area contributed by atoms with Gasteiger partial charge in [-0.05, 0) is 32.5 Å². The van der Waals surface area contributed by atoms with E-state index in [1.54, 1.807) is 7.11 Å². The molecule has 1 heterocycles. The predicted octanol–water partition coefficient (Wildman–Crippen LogP) is 1.36. The summed E-state index contributed by atoms with van der Waals surface area (Å²) >= 11 is 5.21. The lowest BCUT2D eigenvalue weighted by molar-refractivity contribution is 0.196. The van der Waals surface area contributed by atoms with Crippen molar-refractivity contribution in [2.24, 2.45) is 7.05 Å². The van der Waals surface area contributed by atoms with Crippen LogP contribution in [0.5, 0.6) is 0 Å². The third kappa shape index (κ3) is 3.98. The molecule has 0 aromatic carbocycles. The Kier molecular flexibility index (Phi) is 5.37. The highest BCUT2D eigenvalue weighted by Crippen LogP contribution is 2.17. The second-order valence-electron chi connectivity index (χ2n) is 3.90. The van der Waals surface area contributed by atoms with Gasteiger partial charge in [-0.15, -0.1) is 0 Å². The molecule has 1 aromatic rings. The topological polar surface area (TPSA) is 51.1 Å². The van der Waals surface area contributed by atoms with Crippen LogP contribution in [0.4, 0.5) is 5.69 Å². The van der Waals surface area contributed by atoms with Crippen LogP contribution in [-0.2, 0) is 11.8 Å². The van der Waals surface area contributed by atoms with Crippen LogP contribution in [0.15, 0.2) is 0 Å². The van der Waals surface area contributed by atoms with Crippen molar-refractivity contribution in [1.29, 1.82) is 0 Å². The van der Waals surface area contributed by atoms with Crippen molar-refractivity contribution in [3.05, 3.63) is 11.4 Å². The summed E-state index contributed by atoms with van der Waals surface area (Å²) in [5.41, 5.74) is 3.01. The third-order valence-corrected chi connectivity index (χ3v) is 2.80. The number of hydrogen-bond acceptors (Lipinski definition) is 3.